The van der Waals surface area contributed by atoms with Crippen LogP contribution in [0.15, 0.2) is 45.1 Å². The number of hydrogen-bond donors (Lipinski definition) is 0. The molecule has 0 N–H and O–H groups in total. The molecule has 0 unspecified atom stereocenters. The standard InChI is InChI=1S/C14H13ClN4O4S/c1-17-7-9(6-16-17)8-19-13(20)11-5-10(24(15,22)23)3-4-12(11)18(2)14(19)21/h3-7H,8H2,1-2H3. The molecular formula is C14H13ClN4O4S. The second-order valence-corrected chi connectivity index (χ2v) is 7.94. The number of benzene rings is 1. The summed E-state index contributed by atoms with van der Waals surface area (Å²) in [6.07, 6.45) is 3.24. The van der Waals surface area contributed by atoms with Crippen molar-refractivity contribution in [2.45, 2.75) is 11.4 Å². The maximum absolute atomic E-state index is 12.7. The van der Waals surface area contributed by atoms with Crippen molar-refractivity contribution in [1.82, 2.24) is 18.9 Å². The lowest BCUT2D eigenvalue weighted by atomic mass is 10.2. The maximum Gasteiger partial charge on any atom is 0.331 e. The molecular weight excluding hydrogens is 356 g/mol. The predicted octanol–water partition coefficient (Wildman–Crippen LogP) is 0.410. The summed E-state index contributed by atoms with van der Waals surface area (Å²) >= 11 is 0. The van der Waals surface area contributed by atoms with Crippen molar-refractivity contribution in [3.05, 3.63) is 57.0 Å². The molecule has 0 saturated heterocycles. The number of rotatable bonds is 3. The summed E-state index contributed by atoms with van der Waals surface area (Å²) in [5.74, 6) is 0. The van der Waals surface area contributed by atoms with Crippen molar-refractivity contribution < 1.29 is 8.42 Å². The van der Waals surface area contributed by atoms with E-state index in [2.05, 4.69) is 5.10 Å². The summed E-state index contributed by atoms with van der Waals surface area (Å²) < 4.78 is 26.9. The Bertz CT molecular complexity index is 1170. The average Bonchev–Trinajstić information content (AvgIpc) is 2.93. The van der Waals surface area contributed by atoms with Crippen molar-refractivity contribution >= 4 is 30.6 Å². The first-order valence-corrected chi connectivity index (χ1v) is 9.15. The lowest BCUT2D eigenvalue weighted by Gasteiger charge is -2.10. The molecule has 1 aromatic carbocycles. The van der Waals surface area contributed by atoms with Gasteiger partial charge in [-0.15, -0.1) is 0 Å². The molecule has 3 rings (SSSR count). The van der Waals surface area contributed by atoms with Gasteiger partial charge in [-0.2, -0.15) is 5.10 Å². The van der Waals surface area contributed by atoms with Crippen LogP contribution in [0.25, 0.3) is 10.9 Å². The summed E-state index contributed by atoms with van der Waals surface area (Å²) in [6, 6.07) is 3.83. The molecule has 0 radical (unpaired) electrons. The molecule has 0 spiro atoms. The van der Waals surface area contributed by atoms with Crippen LogP contribution in [0.5, 0.6) is 0 Å². The van der Waals surface area contributed by atoms with E-state index < -0.39 is 20.3 Å². The molecule has 2 heterocycles. The minimum atomic E-state index is -3.98. The summed E-state index contributed by atoms with van der Waals surface area (Å²) in [7, 11) is 4.60. The van der Waals surface area contributed by atoms with Gasteiger partial charge in [0.1, 0.15) is 0 Å². The first-order chi connectivity index (χ1) is 11.2. The highest BCUT2D eigenvalue weighted by Gasteiger charge is 2.16. The number of halogens is 1. The zero-order chi connectivity index (χ0) is 17.6. The van der Waals surface area contributed by atoms with Gasteiger partial charge < -0.3 is 0 Å². The second-order valence-electron chi connectivity index (χ2n) is 5.37. The third kappa shape index (κ3) is 2.76. The van der Waals surface area contributed by atoms with E-state index in [1.165, 1.54) is 29.8 Å². The lowest BCUT2D eigenvalue weighted by molar-refractivity contribution is 0.609. The van der Waals surface area contributed by atoms with E-state index in [4.69, 9.17) is 10.7 Å². The summed E-state index contributed by atoms with van der Waals surface area (Å²) in [6.45, 7) is 0.0349. The molecule has 10 heteroatoms. The quantitative estimate of drug-likeness (QED) is 0.624. The molecule has 0 aliphatic carbocycles. The second kappa shape index (κ2) is 5.60. The fourth-order valence-electron chi connectivity index (χ4n) is 2.52. The van der Waals surface area contributed by atoms with Crippen LogP contribution in [-0.4, -0.2) is 27.3 Å². The van der Waals surface area contributed by atoms with E-state index >= 15 is 0 Å². The Balaban J connectivity index is 2.30. The molecule has 8 nitrogen and oxygen atoms in total. The van der Waals surface area contributed by atoms with Crippen LogP contribution < -0.4 is 11.2 Å². The van der Waals surface area contributed by atoms with Gasteiger partial charge in [0.05, 0.1) is 28.5 Å². The topological polar surface area (TPSA) is 96.0 Å². The van der Waals surface area contributed by atoms with Gasteiger partial charge in [-0.1, -0.05) is 0 Å². The van der Waals surface area contributed by atoms with Gasteiger partial charge in [0, 0.05) is 36.5 Å². The fraction of sp³-hybridized carbons (Fsp3) is 0.214. The number of nitrogens with zero attached hydrogens (tertiary/aromatic N) is 4. The Kier molecular flexibility index (Phi) is 3.84. The van der Waals surface area contributed by atoms with E-state index in [1.54, 1.807) is 24.1 Å². The zero-order valence-corrected chi connectivity index (χ0v) is 14.4. The smallest absolute Gasteiger partial charge is 0.296 e. The molecule has 0 aliphatic heterocycles. The van der Waals surface area contributed by atoms with Gasteiger partial charge >= 0.3 is 5.69 Å². The van der Waals surface area contributed by atoms with Crippen molar-refractivity contribution in [2.75, 3.05) is 0 Å². The Morgan fingerprint density at radius 1 is 1.21 bits per heavy atom. The average molecular weight is 369 g/mol. The monoisotopic (exact) mass is 368 g/mol. The van der Waals surface area contributed by atoms with Crippen LogP contribution in [0.1, 0.15) is 5.56 Å². The minimum absolute atomic E-state index is 0.0349. The summed E-state index contributed by atoms with van der Waals surface area (Å²) in [5.41, 5.74) is -0.0781. The van der Waals surface area contributed by atoms with Crippen LogP contribution in [0.3, 0.4) is 0 Å². The Hall–Kier alpha value is -2.39. The molecule has 2 aromatic heterocycles. The molecule has 0 bridgehead atoms. The van der Waals surface area contributed by atoms with Crippen molar-refractivity contribution in [1.29, 1.82) is 0 Å². The summed E-state index contributed by atoms with van der Waals surface area (Å²) in [5, 5.41) is 4.10. The molecule has 0 aliphatic rings. The van der Waals surface area contributed by atoms with E-state index in [-0.39, 0.29) is 16.8 Å². The number of fused-ring (bicyclic) bond motifs is 1. The van der Waals surface area contributed by atoms with E-state index in [0.717, 1.165) is 4.57 Å². The summed E-state index contributed by atoms with van der Waals surface area (Å²) in [4.78, 5) is 24.9. The third-order valence-electron chi connectivity index (χ3n) is 3.70. The highest BCUT2D eigenvalue weighted by atomic mass is 35.7. The van der Waals surface area contributed by atoms with E-state index in [1.807, 2.05) is 0 Å². The molecule has 126 valence electrons. The van der Waals surface area contributed by atoms with Crippen LogP contribution >= 0.6 is 10.7 Å². The Morgan fingerprint density at radius 2 is 1.92 bits per heavy atom. The van der Waals surface area contributed by atoms with Crippen molar-refractivity contribution in [3.63, 3.8) is 0 Å². The highest BCUT2D eigenvalue weighted by Crippen LogP contribution is 2.18. The van der Waals surface area contributed by atoms with Gasteiger partial charge in [0.25, 0.3) is 14.6 Å². The first-order valence-electron chi connectivity index (χ1n) is 6.84. The maximum atomic E-state index is 12.7. The molecule has 0 saturated carbocycles. The molecule has 24 heavy (non-hydrogen) atoms. The molecule has 0 amide bonds. The van der Waals surface area contributed by atoms with Gasteiger partial charge in [-0.25, -0.2) is 13.2 Å². The molecule has 3 aromatic rings. The van der Waals surface area contributed by atoms with Gasteiger partial charge in [-0.05, 0) is 18.2 Å². The highest BCUT2D eigenvalue weighted by molar-refractivity contribution is 8.13. The number of aromatic nitrogens is 4. The van der Waals surface area contributed by atoms with Gasteiger partial charge in [0.15, 0.2) is 0 Å². The minimum Gasteiger partial charge on any atom is -0.296 e. The van der Waals surface area contributed by atoms with Crippen molar-refractivity contribution in [2.24, 2.45) is 14.1 Å². The normalized spacial score (nSPS) is 12.0. The van der Waals surface area contributed by atoms with Crippen molar-refractivity contribution in [3.8, 4) is 0 Å². The van der Waals surface area contributed by atoms with Crippen LogP contribution in [0.4, 0.5) is 0 Å². The van der Waals surface area contributed by atoms with E-state index in [0.29, 0.717) is 11.1 Å². The van der Waals surface area contributed by atoms with Crippen LogP contribution in [-0.2, 0) is 29.7 Å². The molecule has 0 fully saturated rings. The first kappa shape index (κ1) is 16.5. The number of hydrogen-bond acceptors (Lipinski definition) is 5. The zero-order valence-electron chi connectivity index (χ0n) is 12.8. The predicted molar refractivity (Wildman–Crippen MR) is 88.8 cm³/mol. The fourth-order valence-corrected chi connectivity index (χ4v) is 3.30. The van der Waals surface area contributed by atoms with Gasteiger partial charge in [-0.3, -0.25) is 18.6 Å². The Labute approximate surface area is 140 Å². The van der Waals surface area contributed by atoms with Crippen LogP contribution in [0, 0.1) is 0 Å². The SMILES string of the molecule is Cn1cc(Cn2c(=O)c3cc(S(=O)(=O)Cl)ccc3n(C)c2=O)cn1. The Morgan fingerprint density at radius 3 is 2.50 bits per heavy atom. The van der Waals surface area contributed by atoms with E-state index in [9.17, 15) is 18.0 Å². The van der Waals surface area contributed by atoms with Gasteiger partial charge in [0.2, 0.25) is 0 Å². The lowest BCUT2D eigenvalue weighted by Crippen LogP contribution is -2.39. The molecule has 0 atom stereocenters. The van der Waals surface area contributed by atoms with Crippen LogP contribution in [0.2, 0.25) is 0 Å². The third-order valence-corrected chi connectivity index (χ3v) is 5.05. The number of aryl methyl sites for hydroxylation is 2. The largest absolute Gasteiger partial charge is 0.331 e.